The number of hydrogen-bond donors (Lipinski definition) is 2. The zero-order chi connectivity index (χ0) is 13.3. The molecule has 3 N–H and O–H groups in total. The first-order chi connectivity index (χ1) is 8.52. The number of amides is 3. The fraction of sp³-hybridized carbons (Fsp3) is 0.727. The second kappa shape index (κ2) is 4.83. The van der Waals surface area contributed by atoms with E-state index in [4.69, 9.17) is 10.8 Å². The van der Waals surface area contributed by atoms with E-state index in [1.807, 2.05) is 0 Å². The summed E-state index contributed by atoms with van der Waals surface area (Å²) in [6.45, 7) is 0.896. The van der Waals surface area contributed by atoms with Crippen LogP contribution in [0.1, 0.15) is 25.7 Å². The molecule has 2 fully saturated rings. The van der Waals surface area contributed by atoms with Gasteiger partial charge in [0, 0.05) is 13.1 Å². The van der Waals surface area contributed by atoms with E-state index in [9.17, 15) is 14.4 Å². The van der Waals surface area contributed by atoms with Crippen LogP contribution in [-0.2, 0) is 9.59 Å². The van der Waals surface area contributed by atoms with Crippen molar-refractivity contribution in [1.82, 2.24) is 9.80 Å². The van der Waals surface area contributed by atoms with E-state index in [1.54, 1.807) is 0 Å². The number of carbonyl (C=O) groups is 3. The first-order valence-electron chi connectivity index (χ1n) is 6.11. The fourth-order valence-corrected chi connectivity index (χ4v) is 2.71. The lowest BCUT2D eigenvalue weighted by Crippen LogP contribution is -2.52. The number of aliphatic carboxylic acids is 1. The molecule has 0 aromatic rings. The molecular weight excluding hydrogens is 238 g/mol. The number of carbonyl (C=O) groups excluding carboxylic acids is 2. The van der Waals surface area contributed by atoms with Crippen molar-refractivity contribution >= 4 is 17.9 Å². The number of rotatable bonds is 2. The maximum absolute atomic E-state index is 12.3. The molecule has 2 saturated heterocycles. The van der Waals surface area contributed by atoms with Crippen molar-refractivity contribution in [3.8, 4) is 0 Å². The molecule has 2 unspecified atom stereocenters. The van der Waals surface area contributed by atoms with Gasteiger partial charge in [0.15, 0.2) is 0 Å². The summed E-state index contributed by atoms with van der Waals surface area (Å²) in [5.74, 6) is -1.51. The summed E-state index contributed by atoms with van der Waals surface area (Å²) in [6.07, 6.45) is 2.44. The molecule has 7 heteroatoms. The molecule has 0 aromatic carbocycles. The normalized spacial score (nSPS) is 27.6. The predicted octanol–water partition coefficient (Wildman–Crippen LogP) is -0.395. The third-order valence-electron chi connectivity index (χ3n) is 3.61. The first-order valence-corrected chi connectivity index (χ1v) is 6.11. The SMILES string of the molecule is NC(=O)C1CCCN1C(=O)N1CCCC1C(=O)O. The van der Waals surface area contributed by atoms with E-state index in [0.29, 0.717) is 32.4 Å². The largest absolute Gasteiger partial charge is 0.480 e. The molecule has 3 amide bonds. The Balaban J connectivity index is 2.11. The minimum absolute atomic E-state index is 0.374. The molecule has 0 aliphatic carbocycles. The Hall–Kier alpha value is -1.79. The lowest BCUT2D eigenvalue weighted by molar-refractivity contribution is -0.141. The van der Waals surface area contributed by atoms with Crippen LogP contribution in [0.5, 0.6) is 0 Å². The second-order valence-corrected chi connectivity index (χ2v) is 4.73. The van der Waals surface area contributed by atoms with Crippen molar-refractivity contribution < 1.29 is 19.5 Å². The van der Waals surface area contributed by atoms with Gasteiger partial charge in [0.2, 0.25) is 5.91 Å². The van der Waals surface area contributed by atoms with Crippen LogP contribution in [0.15, 0.2) is 0 Å². The monoisotopic (exact) mass is 255 g/mol. The summed E-state index contributed by atoms with van der Waals surface area (Å²) in [4.78, 5) is 37.3. The number of urea groups is 1. The molecular formula is C11H17N3O4. The summed E-state index contributed by atoms with van der Waals surface area (Å²) in [5, 5.41) is 9.05. The minimum Gasteiger partial charge on any atom is -0.480 e. The zero-order valence-corrected chi connectivity index (χ0v) is 10.0. The summed E-state index contributed by atoms with van der Waals surface area (Å²) in [6, 6.07) is -1.74. The molecule has 2 rings (SSSR count). The van der Waals surface area contributed by atoms with Crippen LogP contribution in [0.4, 0.5) is 4.79 Å². The fourth-order valence-electron chi connectivity index (χ4n) is 2.71. The number of nitrogens with zero attached hydrogens (tertiary/aromatic N) is 2. The highest BCUT2D eigenvalue weighted by molar-refractivity contribution is 5.88. The molecule has 0 bridgehead atoms. The van der Waals surface area contributed by atoms with Crippen LogP contribution in [0.3, 0.4) is 0 Å². The van der Waals surface area contributed by atoms with E-state index >= 15 is 0 Å². The summed E-state index contributed by atoms with van der Waals surface area (Å²) in [5.41, 5.74) is 5.25. The van der Waals surface area contributed by atoms with Crippen molar-refractivity contribution in [2.45, 2.75) is 37.8 Å². The van der Waals surface area contributed by atoms with E-state index < -0.39 is 24.0 Å². The lowest BCUT2D eigenvalue weighted by Gasteiger charge is -2.30. The minimum atomic E-state index is -0.990. The van der Waals surface area contributed by atoms with Gasteiger partial charge in [-0.25, -0.2) is 9.59 Å². The topological polar surface area (TPSA) is 104 Å². The van der Waals surface area contributed by atoms with Crippen LogP contribution in [0.2, 0.25) is 0 Å². The van der Waals surface area contributed by atoms with Gasteiger partial charge < -0.3 is 20.6 Å². The quantitative estimate of drug-likeness (QED) is 0.700. The Kier molecular flexibility index (Phi) is 3.40. The number of likely N-dealkylation sites (tertiary alicyclic amines) is 2. The number of nitrogens with two attached hydrogens (primary N) is 1. The number of carboxylic acid groups (broad SMARTS) is 1. The first kappa shape index (κ1) is 12.7. The van der Waals surface area contributed by atoms with Crippen molar-refractivity contribution in [3.63, 3.8) is 0 Å². The number of hydrogen-bond acceptors (Lipinski definition) is 3. The molecule has 100 valence electrons. The molecule has 0 aromatic heterocycles. The molecule has 2 aliphatic rings. The molecule has 2 atom stereocenters. The third kappa shape index (κ3) is 2.12. The van der Waals surface area contributed by atoms with Crippen LogP contribution in [0.25, 0.3) is 0 Å². The summed E-state index contributed by atoms with van der Waals surface area (Å²) >= 11 is 0. The average molecular weight is 255 g/mol. The molecule has 0 radical (unpaired) electrons. The predicted molar refractivity (Wildman–Crippen MR) is 61.7 cm³/mol. The van der Waals surface area contributed by atoms with Crippen LogP contribution in [0, 0.1) is 0 Å². The van der Waals surface area contributed by atoms with Crippen molar-refractivity contribution in [3.05, 3.63) is 0 Å². The van der Waals surface area contributed by atoms with Gasteiger partial charge in [-0.2, -0.15) is 0 Å². The third-order valence-corrected chi connectivity index (χ3v) is 3.61. The van der Waals surface area contributed by atoms with Gasteiger partial charge in [0.25, 0.3) is 0 Å². The molecule has 2 heterocycles. The second-order valence-electron chi connectivity index (χ2n) is 4.73. The zero-order valence-electron chi connectivity index (χ0n) is 10.0. The van der Waals surface area contributed by atoms with Crippen molar-refractivity contribution in [2.24, 2.45) is 5.73 Å². The van der Waals surface area contributed by atoms with Gasteiger partial charge in [-0.15, -0.1) is 0 Å². The maximum Gasteiger partial charge on any atom is 0.326 e. The number of carboxylic acids is 1. The maximum atomic E-state index is 12.3. The van der Waals surface area contributed by atoms with E-state index in [2.05, 4.69) is 0 Å². The van der Waals surface area contributed by atoms with Gasteiger partial charge in [0.05, 0.1) is 0 Å². The molecule has 0 spiro atoms. The Morgan fingerprint density at radius 2 is 1.50 bits per heavy atom. The van der Waals surface area contributed by atoms with Gasteiger partial charge in [-0.3, -0.25) is 4.79 Å². The van der Waals surface area contributed by atoms with Crippen LogP contribution < -0.4 is 5.73 Å². The van der Waals surface area contributed by atoms with Gasteiger partial charge >= 0.3 is 12.0 Å². The highest BCUT2D eigenvalue weighted by Gasteiger charge is 2.40. The summed E-state index contributed by atoms with van der Waals surface area (Å²) in [7, 11) is 0. The highest BCUT2D eigenvalue weighted by atomic mass is 16.4. The van der Waals surface area contributed by atoms with E-state index in [-0.39, 0.29) is 6.03 Å². The van der Waals surface area contributed by atoms with Gasteiger partial charge in [-0.1, -0.05) is 0 Å². The lowest BCUT2D eigenvalue weighted by atomic mass is 10.2. The van der Waals surface area contributed by atoms with Gasteiger partial charge in [-0.05, 0) is 25.7 Å². The standard InChI is InChI=1S/C11H17N3O4/c12-9(15)7-3-1-5-13(7)11(18)14-6-2-4-8(14)10(16)17/h7-8H,1-6H2,(H2,12,15)(H,16,17). The highest BCUT2D eigenvalue weighted by Crippen LogP contribution is 2.24. The van der Waals surface area contributed by atoms with Crippen molar-refractivity contribution in [1.29, 1.82) is 0 Å². The molecule has 2 aliphatic heterocycles. The number of primary amides is 1. The molecule has 0 saturated carbocycles. The van der Waals surface area contributed by atoms with E-state index in [0.717, 1.165) is 6.42 Å². The van der Waals surface area contributed by atoms with Crippen LogP contribution >= 0.6 is 0 Å². The van der Waals surface area contributed by atoms with Gasteiger partial charge in [0.1, 0.15) is 12.1 Å². The Bertz CT molecular complexity index is 350. The summed E-state index contributed by atoms with van der Waals surface area (Å²) < 4.78 is 0. The Morgan fingerprint density at radius 1 is 1.00 bits per heavy atom. The van der Waals surface area contributed by atoms with Crippen molar-refractivity contribution in [2.75, 3.05) is 13.1 Å². The Labute approximate surface area is 105 Å². The molecule has 7 nitrogen and oxygen atoms in total. The smallest absolute Gasteiger partial charge is 0.326 e. The molecule has 18 heavy (non-hydrogen) atoms. The average Bonchev–Trinajstić information content (AvgIpc) is 2.97. The van der Waals surface area contributed by atoms with E-state index in [1.165, 1.54) is 9.80 Å². The Morgan fingerprint density at radius 3 is 2.00 bits per heavy atom. The van der Waals surface area contributed by atoms with Crippen LogP contribution in [-0.4, -0.2) is 58.0 Å².